The number of aromatic nitrogens is 4. The van der Waals surface area contributed by atoms with Gasteiger partial charge in [0.15, 0.2) is 12.1 Å². The van der Waals surface area contributed by atoms with Crippen LogP contribution in [0.5, 0.6) is 0 Å². The third kappa shape index (κ3) is 3.84. The second-order valence-corrected chi connectivity index (χ2v) is 8.44. The first-order chi connectivity index (χ1) is 16.2. The van der Waals surface area contributed by atoms with Gasteiger partial charge in [-0.25, -0.2) is 14.4 Å². The molecular weight excluding hydrogens is 419 g/mol. The van der Waals surface area contributed by atoms with Crippen LogP contribution in [-0.4, -0.2) is 49.6 Å². The quantitative estimate of drug-likeness (QED) is 0.448. The standard InChI is InChI=1S/C24H25FN8/c25-16-7-6-8-17(13-16)33-15-27-21-22(26-14-20-28-18-9-2-3-10-19(18)29-20)30-24(31-23(21)33)32-11-4-1-5-12-32/h2-3,6-10,13,15,24,31H,1,4-5,11-12,14H2,(H,26,30)(H,28,29). The van der Waals surface area contributed by atoms with Gasteiger partial charge in [0.25, 0.3) is 0 Å². The fourth-order valence-corrected chi connectivity index (χ4v) is 4.56. The number of nitrogens with zero attached hydrogens (tertiary/aromatic N) is 5. The first kappa shape index (κ1) is 19.9. The van der Waals surface area contributed by atoms with Crippen LogP contribution in [0.1, 0.15) is 30.8 Å². The molecule has 168 valence electrons. The van der Waals surface area contributed by atoms with Gasteiger partial charge in [-0.05, 0) is 43.2 Å². The lowest BCUT2D eigenvalue weighted by atomic mass is 10.1. The normalized spacial score (nSPS) is 19.9. The number of aromatic amines is 1. The largest absolute Gasteiger partial charge is 0.340 e. The maximum absolute atomic E-state index is 13.9. The molecule has 9 heteroatoms. The van der Waals surface area contributed by atoms with Crippen molar-refractivity contribution in [1.29, 1.82) is 0 Å². The van der Waals surface area contributed by atoms with Gasteiger partial charge in [0.05, 0.1) is 23.3 Å². The molecule has 0 saturated carbocycles. The Bertz CT molecular complexity index is 1280. The van der Waals surface area contributed by atoms with Crippen LogP contribution < -0.4 is 10.6 Å². The first-order valence-electron chi connectivity index (χ1n) is 11.3. The highest BCUT2D eigenvalue weighted by atomic mass is 19.1. The highest BCUT2D eigenvalue weighted by Gasteiger charge is 2.31. The number of piperidine rings is 1. The Morgan fingerprint density at radius 1 is 1.03 bits per heavy atom. The molecule has 2 aliphatic rings. The molecule has 1 atom stereocenters. The van der Waals surface area contributed by atoms with Gasteiger partial charge in [0, 0.05) is 13.1 Å². The topological polar surface area (TPSA) is 86.2 Å². The molecule has 8 nitrogen and oxygen atoms in total. The molecule has 33 heavy (non-hydrogen) atoms. The van der Waals surface area contributed by atoms with E-state index < -0.39 is 0 Å². The van der Waals surface area contributed by atoms with Gasteiger partial charge in [0.1, 0.15) is 29.5 Å². The van der Waals surface area contributed by atoms with Gasteiger partial charge in [-0.3, -0.25) is 14.5 Å². The van der Waals surface area contributed by atoms with E-state index in [1.807, 2.05) is 34.9 Å². The second-order valence-electron chi connectivity index (χ2n) is 8.44. The number of amidine groups is 1. The van der Waals surface area contributed by atoms with E-state index in [9.17, 15) is 4.39 Å². The van der Waals surface area contributed by atoms with Crippen LogP contribution in [0.4, 0.5) is 10.2 Å². The highest BCUT2D eigenvalue weighted by molar-refractivity contribution is 6.03. The van der Waals surface area contributed by atoms with Crippen molar-refractivity contribution < 1.29 is 4.39 Å². The number of benzene rings is 2. The van der Waals surface area contributed by atoms with Crippen LogP contribution in [-0.2, 0) is 6.54 Å². The fourth-order valence-electron chi connectivity index (χ4n) is 4.56. The van der Waals surface area contributed by atoms with E-state index >= 15 is 0 Å². The monoisotopic (exact) mass is 444 g/mol. The molecule has 0 aliphatic carbocycles. The molecule has 1 unspecified atom stereocenters. The number of anilines is 1. The Labute approximate surface area is 190 Å². The summed E-state index contributed by atoms with van der Waals surface area (Å²) in [6, 6.07) is 14.5. The summed E-state index contributed by atoms with van der Waals surface area (Å²) >= 11 is 0. The second kappa shape index (κ2) is 8.32. The SMILES string of the molecule is Fc1cccc(-n2cnc3c2NC(N2CCCCC2)NC3=NCc2nc3ccccc3[nH]2)c1. The minimum atomic E-state index is -0.282. The average molecular weight is 445 g/mol. The molecule has 2 aromatic heterocycles. The lowest BCUT2D eigenvalue weighted by molar-refractivity contribution is 0.167. The molecule has 0 bridgehead atoms. The van der Waals surface area contributed by atoms with Crippen molar-refractivity contribution in [2.45, 2.75) is 32.1 Å². The summed E-state index contributed by atoms with van der Waals surface area (Å²) in [6.07, 6.45) is 5.19. The van der Waals surface area contributed by atoms with Gasteiger partial charge in [-0.15, -0.1) is 0 Å². The summed E-state index contributed by atoms with van der Waals surface area (Å²) in [5.74, 6) is 2.02. The number of H-pyrrole nitrogens is 1. The number of aliphatic imine (C=N–C) groups is 1. The summed E-state index contributed by atoms with van der Waals surface area (Å²) in [5, 5.41) is 7.10. The molecule has 1 fully saturated rings. The van der Waals surface area contributed by atoms with Crippen molar-refractivity contribution in [2.75, 3.05) is 18.4 Å². The zero-order valence-electron chi connectivity index (χ0n) is 18.1. The molecule has 2 aromatic carbocycles. The van der Waals surface area contributed by atoms with Gasteiger partial charge < -0.3 is 15.6 Å². The third-order valence-corrected chi connectivity index (χ3v) is 6.21. The number of hydrogen-bond donors (Lipinski definition) is 3. The first-order valence-corrected chi connectivity index (χ1v) is 11.3. The molecule has 1 saturated heterocycles. The van der Waals surface area contributed by atoms with Crippen molar-refractivity contribution in [3.8, 4) is 5.69 Å². The van der Waals surface area contributed by atoms with Crippen molar-refractivity contribution in [3.05, 3.63) is 72.2 Å². The van der Waals surface area contributed by atoms with E-state index in [1.165, 1.54) is 31.4 Å². The Morgan fingerprint density at radius 2 is 1.91 bits per heavy atom. The van der Waals surface area contributed by atoms with Crippen LogP contribution in [0.3, 0.4) is 0 Å². The Morgan fingerprint density at radius 3 is 2.76 bits per heavy atom. The fraction of sp³-hybridized carbons (Fsp3) is 0.292. The van der Waals surface area contributed by atoms with Crippen molar-refractivity contribution in [3.63, 3.8) is 0 Å². The number of fused-ring (bicyclic) bond motifs is 2. The van der Waals surface area contributed by atoms with E-state index in [1.54, 1.807) is 12.4 Å². The summed E-state index contributed by atoms with van der Waals surface area (Å²) in [5.41, 5.74) is 3.34. The predicted octanol–water partition coefficient (Wildman–Crippen LogP) is 3.62. The van der Waals surface area contributed by atoms with Crippen molar-refractivity contribution >= 4 is 22.7 Å². The number of rotatable bonds is 4. The van der Waals surface area contributed by atoms with E-state index in [2.05, 4.69) is 30.5 Å². The zero-order valence-corrected chi connectivity index (χ0v) is 18.1. The van der Waals surface area contributed by atoms with Gasteiger partial charge >= 0.3 is 0 Å². The Hall–Kier alpha value is -3.72. The molecule has 2 aliphatic heterocycles. The molecular formula is C24H25FN8. The van der Waals surface area contributed by atoms with Gasteiger partial charge in [0.2, 0.25) is 0 Å². The van der Waals surface area contributed by atoms with Crippen LogP contribution in [0.25, 0.3) is 16.7 Å². The van der Waals surface area contributed by atoms with E-state index in [-0.39, 0.29) is 12.1 Å². The van der Waals surface area contributed by atoms with E-state index in [0.717, 1.165) is 35.8 Å². The van der Waals surface area contributed by atoms with Crippen LogP contribution in [0.15, 0.2) is 59.9 Å². The molecule has 3 N–H and O–H groups in total. The number of hydrogen-bond acceptors (Lipinski definition) is 5. The Balaban J connectivity index is 1.36. The molecule has 0 radical (unpaired) electrons. The van der Waals surface area contributed by atoms with Crippen LogP contribution in [0, 0.1) is 5.82 Å². The summed E-state index contributed by atoms with van der Waals surface area (Å²) in [4.78, 5) is 19.8. The van der Waals surface area contributed by atoms with Crippen LogP contribution in [0.2, 0.25) is 0 Å². The molecule has 0 spiro atoms. The molecule has 4 heterocycles. The summed E-state index contributed by atoms with van der Waals surface area (Å²) < 4.78 is 15.8. The Kier molecular flexibility index (Phi) is 5.03. The maximum Gasteiger partial charge on any atom is 0.157 e. The lowest BCUT2D eigenvalue weighted by Crippen LogP contribution is -2.57. The van der Waals surface area contributed by atoms with Crippen molar-refractivity contribution in [2.24, 2.45) is 4.99 Å². The third-order valence-electron chi connectivity index (χ3n) is 6.21. The maximum atomic E-state index is 13.9. The van der Waals surface area contributed by atoms with Crippen molar-refractivity contribution in [1.82, 2.24) is 29.7 Å². The molecule has 6 rings (SSSR count). The van der Waals surface area contributed by atoms with Crippen LogP contribution >= 0.6 is 0 Å². The zero-order chi connectivity index (χ0) is 22.2. The molecule has 0 amide bonds. The number of nitrogens with one attached hydrogen (secondary N) is 3. The number of halogens is 1. The minimum Gasteiger partial charge on any atom is -0.340 e. The van der Waals surface area contributed by atoms with E-state index in [4.69, 9.17) is 4.99 Å². The minimum absolute atomic E-state index is 0.115. The van der Waals surface area contributed by atoms with Gasteiger partial charge in [-0.1, -0.05) is 24.6 Å². The van der Waals surface area contributed by atoms with Gasteiger partial charge in [-0.2, -0.15) is 0 Å². The summed E-state index contributed by atoms with van der Waals surface area (Å²) in [7, 11) is 0. The summed E-state index contributed by atoms with van der Waals surface area (Å²) in [6.45, 7) is 2.41. The predicted molar refractivity (Wildman–Crippen MR) is 126 cm³/mol. The number of imidazole rings is 2. The number of para-hydroxylation sites is 2. The smallest absolute Gasteiger partial charge is 0.157 e. The molecule has 4 aromatic rings. The number of likely N-dealkylation sites (tertiary alicyclic amines) is 1. The van der Waals surface area contributed by atoms with E-state index in [0.29, 0.717) is 23.8 Å². The lowest BCUT2D eigenvalue weighted by Gasteiger charge is -2.38. The average Bonchev–Trinajstić information content (AvgIpc) is 3.47. The highest BCUT2D eigenvalue weighted by Crippen LogP contribution is 2.26.